The highest BCUT2D eigenvalue weighted by Gasteiger charge is 2.63. The molecule has 0 saturated carbocycles. The van der Waals surface area contributed by atoms with Crippen molar-refractivity contribution in [3.05, 3.63) is 45.4 Å². The number of allylic oxidation sites excluding steroid dienone is 1. The minimum atomic E-state index is -5.17. The lowest BCUT2D eigenvalue weighted by Crippen LogP contribution is -2.63. The van der Waals surface area contributed by atoms with Crippen LogP contribution < -0.4 is 10.5 Å². The van der Waals surface area contributed by atoms with Crippen LogP contribution in [0.1, 0.15) is 59.6 Å². The van der Waals surface area contributed by atoms with Gasteiger partial charge in [0.25, 0.3) is 5.91 Å². The molecule has 0 aromatic heterocycles. The van der Waals surface area contributed by atoms with Gasteiger partial charge in [0.2, 0.25) is 5.78 Å². The van der Waals surface area contributed by atoms with E-state index < -0.39 is 93.1 Å². The molecule has 1 aromatic carbocycles. The lowest BCUT2D eigenvalue weighted by Gasteiger charge is -2.50. The lowest BCUT2D eigenvalue weighted by molar-refractivity contribution is -0.275. The first kappa shape index (κ1) is 32.7. The number of nitrogens with zero attached hydrogens (tertiary/aromatic N) is 2. The van der Waals surface area contributed by atoms with Gasteiger partial charge in [-0.1, -0.05) is 0 Å². The zero-order valence-electron chi connectivity index (χ0n) is 24.7. The number of amides is 1. The molecule has 15 heteroatoms. The predicted octanol–water partition coefficient (Wildman–Crippen LogP) is 1.93. The number of aromatic hydroxyl groups is 1. The van der Waals surface area contributed by atoms with Crippen molar-refractivity contribution in [1.29, 1.82) is 0 Å². The van der Waals surface area contributed by atoms with Crippen molar-refractivity contribution < 1.29 is 57.8 Å². The van der Waals surface area contributed by atoms with Gasteiger partial charge in [-0.25, -0.2) is 0 Å². The third-order valence-corrected chi connectivity index (χ3v) is 9.50. The fourth-order valence-electron chi connectivity index (χ4n) is 7.68. The van der Waals surface area contributed by atoms with Crippen LogP contribution in [0.5, 0.6) is 11.5 Å². The first-order chi connectivity index (χ1) is 21.0. The maximum absolute atomic E-state index is 14.0. The number of primary amides is 1. The van der Waals surface area contributed by atoms with E-state index in [-0.39, 0.29) is 30.6 Å². The Morgan fingerprint density at radius 2 is 1.89 bits per heavy atom. The monoisotopic (exact) mass is 639 g/mol. The third-order valence-electron chi connectivity index (χ3n) is 9.50. The van der Waals surface area contributed by atoms with Crippen molar-refractivity contribution in [3.8, 4) is 11.5 Å². The van der Waals surface area contributed by atoms with Gasteiger partial charge in [-0.3, -0.25) is 24.2 Å². The standard InChI is InChI=1S/C30H36F3N3O9/c1-35(2)22-16-11-13-10-15-20(23(39)19(13)26(41)29(16,44)27(42)21(24(22)40)28(34)43)18(38)12-14(25(15)45-30(31,32)33)17-6-5-8-36(17)7-3-4-9-37/h12-13,16-17,22,37-38,40-41,44H,3-11H2,1-2H3,(H2,34,43)/t13-,16-,17?,22-,29-/m0/s1. The SMILES string of the molecule is CN(C)[C@@H]1C(O)=C(C(N)=O)C(=O)[C@@]2(O)C(O)=C3C(=O)c4c(O)cc(C5CCCN5CCCCO)c(OC(F)(F)F)c4C[C@H]3C[C@@H]12. The van der Waals surface area contributed by atoms with Gasteiger partial charge in [0.05, 0.1) is 11.6 Å². The number of Topliss-reactive ketones (excluding diaryl/α,β-unsaturated/α-hetero) is 2. The van der Waals surface area contributed by atoms with Crippen LogP contribution in [-0.2, 0) is 16.0 Å². The zero-order valence-corrected chi connectivity index (χ0v) is 24.7. The van der Waals surface area contributed by atoms with Crippen LogP contribution in [0.4, 0.5) is 13.2 Å². The highest BCUT2D eigenvalue weighted by molar-refractivity contribution is 6.24. The number of aliphatic hydroxyl groups excluding tert-OH is 3. The molecule has 5 rings (SSSR count). The number of carbonyl (C=O) groups is 3. The van der Waals surface area contributed by atoms with E-state index in [9.17, 15) is 53.1 Å². The first-order valence-electron chi connectivity index (χ1n) is 14.7. The molecule has 1 saturated heterocycles. The second-order valence-corrected chi connectivity index (χ2v) is 12.3. The van der Waals surface area contributed by atoms with Gasteiger partial charge in [-0.05, 0) is 77.7 Å². The number of alkyl halides is 3. The number of fused-ring (bicyclic) bond motifs is 3. The molecule has 1 aromatic rings. The van der Waals surface area contributed by atoms with E-state index >= 15 is 0 Å². The molecule has 0 spiro atoms. The minimum absolute atomic E-state index is 0.0347. The van der Waals surface area contributed by atoms with Crippen molar-refractivity contribution in [2.75, 3.05) is 33.8 Å². The van der Waals surface area contributed by atoms with E-state index in [0.717, 1.165) is 6.07 Å². The number of carbonyl (C=O) groups excluding carboxylic acids is 3. The van der Waals surface area contributed by atoms with Crippen molar-refractivity contribution in [3.63, 3.8) is 0 Å². The fourth-order valence-corrected chi connectivity index (χ4v) is 7.68. The topological polar surface area (TPSA) is 194 Å². The quantitative estimate of drug-likeness (QED) is 0.180. The van der Waals surface area contributed by atoms with Crippen molar-refractivity contribution in [1.82, 2.24) is 9.80 Å². The fraction of sp³-hybridized carbons (Fsp3) is 0.567. The number of aliphatic hydroxyl groups is 4. The van der Waals surface area contributed by atoms with Crippen molar-refractivity contribution in [2.45, 2.75) is 62.6 Å². The Morgan fingerprint density at radius 3 is 2.49 bits per heavy atom. The largest absolute Gasteiger partial charge is 0.573 e. The summed E-state index contributed by atoms with van der Waals surface area (Å²) >= 11 is 0. The molecule has 0 bridgehead atoms. The van der Waals surface area contributed by atoms with Gasteiger partial charge >= 0.3 is 6.36 Å². The highest BCUT2D eigenvalue weighted by Crippen LogP contribution is 2.55. The summed E-state index contributed by atoms with van der Waals surface area (Å²) in [6.45, 7) is 0.994. The molecule has 1 fully saturated rings. The lowest BCUT2D eigenvalue weighted by atomic mass is 9.58. The van der Waals surface area contributed by atoms with E-state index in [1.54, 1.807) is 0 Å². The van der Waals surface area contributed by atoms with Crippen molar-refractivity contribution >= 4 is 17.5 Å². The summed E-state index contributed by atoms with van der Waals surface area (Å²) < 4.78 is 46.3. The number of rotatable bonds is 8. The second-order valence-electron chi connectivity index (χ2n) is 12.3. The summed E-state index contributed by atoms with van der Waals surface area (Å²) in [4.78, 5) is 42.8. The number of likely N-dealkylation sites (N-methyl/N-ethyl adjacent to an activating group) is 1. The number of hydrogen-bond acceptors (Lipinski definition) is 11. The number of ether oxygens (including phenoxy) is 1. The van der Waals surface area contributed by atoms with Gasteiger partial charge in [-0.2, -0.15) is 0 Å². The Morgan fingerprint density at radius 1 is 1.20 bits per heavy atom. The van der Waals surface area contributed by atoms with Crippen molar-refractivity contribution in [2.24, 2.45) is 17.6 Å². The summed E-state index contributed by atoms with van der Waals surface area (Å²) in [7, 11) is 2.95. The molecule has 1 amide bonds. The van der Waals surface area contributed by atoms with Crippen LogP contribution in [0.2, 0.25) is 0 Å². The predicted molar refractivity (Wildman–Crippen MR) is 150 cm³/mol. The van der Waals surface area contributed by atoms with E-state index in [4.69, 9.17) is 5.73 Å². The van der Waals surface area contributed by atoms with E-state index in [2.05, 4.69) is 4.74 Å². The Labute approximate surface area is 256 Å². The molecule has 1 unspecified atom stereocenters. The molecular formula is C30H36F3N3O9. The van der Waals surface area contributed by atoms with Crippen LogP contribution in [0.15, 0.2) is 28.7 Å². The molecule has 7 N–H and O–H groups in total. The summed E-state index contributed by atoms with van der Waals surface area (Å²) in [6, 6.07) is -0.783. The van der Waals surface area contributed by atoms with E-state index in [1.165, 1.54) is 19.0 Å². The number of ketones is 2. The number of halogens is 3. The highest BCUT2D eigenvalue weighted by atomic mass is 19.4. The summed E-state index contributed by atoms with van der Waals surface area (Å²) in [5.74, 6) is -9.45. The molecule has 12 nitrogen and oxygen atoms in total. The number of phenolic OH excluding ortho intramolecular Hbond substituents is 1. The molecule has 246 valence electrons. The average Bonchev–Trinajstić information content (AvgIpc) is 3.39. The molecule has 0 radical (unpaired) electrons. The number of benzene rings is 1. The zero-order chi connectivity index (χ0) is 33.2. The normalized spacial score (nSPS) is 28.8. The van der Waals surface area contributed by atoms with Crippen LogP contribution in [0.25, 0.3) is 0 Å². The Kier molecular flexibility index (Phi) is 8.44. The summed E-state index contributed by atoms with van der Waals surface area (Å²) in [6.07, 6.45) is -3.61. The van der Waals surface area contributed by atoms with Gasteiger partial charge in [0, 0.05) is 35.3 Å². The summed E-state index contributed by atoms with van der Waals surface area (Å²) in [5.41, 5.74) is 0.250. The van der Waals surface area contributed by atoms with Gasteiger partial charge in [0.1, 0.15) is 28.6 Å². The van der Waals surface area contributed by atoms with Crippen LogP contribution in [0.3, 0.4) is 0 Å². The molecule has 45 heavy (non-hydrogen) atoms. The number of likely N-dealkylation sites (tertiary alicyclic amines) is 1. The Balaban J connectivity index is 1.68. The number of phenols is 1. The van der Waals surface area contributed by atoms with Crippen LogP contribution in [-0.4, -0.2) is 105 Å². The molecule has 1 heterocycles. The molecule has 5 atom stereocenters. The first-order valence-corrected chi connectivity index (χ1v) is 14.7. The average molecular weight is 640 g/mol. The van der Waals surface area contributed by atoms with E-state index in [0.29, 0.717) is 38.8 Å². The van der Waals surface area contributed by atoms with E-state index in [1.807, 2.05) is 4.90 Å². The molecule has 1 aliphatic heterocycles. The second kappa shape index (κ2) is 11.6. The van der Waals surface area contributed by atoms with Crippen LogP contribution in [0, 0.1) is 11.8 Å². The summed E-state index contributed by atoms with van der Waals surface area (Å²) in [5, 5.41) is 54.3. The Bertz CT molecular complexity index is 1510. The Hall–Kier alpha value is -3.66. The molecule has 3 aliphatic carbocycles. The van der Waals surface area contributed by atoms with Gasteiger partial charge in [0.15, 0.2) is 11.4 Å². The number of nitrogens with two attached hydrogens (primary N) is 1. The van der Waals surface area contributed by atoms with Gasteiger partial charge in [-0.15, -0.1) is 13.2 Å². The molecular weight excluding hydrogens is 603 g/mol. The van der Waals surface area contributed by atoms with Crippen LogP contribution >= 0.6 is 0 Å². The smallest absolute Gasteiger partial charge is 0.510 e. The number of unbranched alkanes of at least 4 members (excludes halogenated alkanes) is 1. The number of hydrogen-bond donors (Lipinski definition) is 6. The minimum Gasteiger partial charge on any atom is -0.510 e. The maximum Gasteiger partial charge on any atom is 0.573 e. The molecule has 4 aliphatic rings. The maximum atomic E-state index is 14.0. The third kappa shape index (κ3) is 5.24. The van der Waals surface area contributed by atoms with Gasteiger partial charge < -0.3 is 36.0 Å².